The van der Waals surface area contributed by atoms with Crippen molar-refractivity contribution in [1.29, 1.82) is 0 Å². The molecule has 1 aromatic carbocycles. The minimum Gasteiger partial charge on any atom is -0.506 e. The molecule has 0 spiro atoms. The van der Waals surface area contributed by atoms with Gasteiger partial charge in [0.25, 0.3) is 0 Å². The molecule has 3 nitrogen and oxygen atoms in total. The van der Waals surface area contributed by atoms with Crippen molar-refractivity contribution in [1.82, 2.24) is 0 Å². The van der Waals surface area contributed by atoms with Gasteiger partial charge >= 0.3 is 0 Å². The number of aromatic hydroxyl groups is 1. The lowest BCUT2D eigenvalue weighted by atomic mass is 10.2. The van der Waals surface area contributed by atoms with E-state index in [2.05, 4.69) is 5.10 Å². The number of nitrogens with two attached hydrogens (primary N) is 1. The van der Waals surface area contributed by atoms with Gasteiger partial charge in [-0.2, -0.15) is 5.10 Å². The lowest BCUT2D eigenvalue weighted by Crippen LogP contribution is -1.95. The summed E-state index contributed by atoms with van der Waals surface area (Å²) in [5.74, 6) is 5.45. The molecule has 0 saturated carbocycles. The van der Waals surface area contributed by atoms with E-state index >= 15 is 0 Å². The summed E-state index contributed by atoms with van der Waals surface area (Å²) >= 11 is 1.50. The molecule has 0 radical (unpaired) electrons. The van der Waals surface area contributed by atoms with Crippen LogP contribution in [0.4, 0.5) is 0 Å². The van der Waals surface area contributed by atoms with Crippen molar-refractivity contribution in [3.05, 3.63) is 29.1 Å². The fraction of sp³-hybridized carbons (Fsp3) is 0.100. The number of hydrogen-bond acceptors (Lipinski definition) is 4. The van der Waals surface area contributed by atoms with E-state index in [0.29, 0.717) is 5.71 Å². The fourth-order valence-electron chi connectivity index (χ4n) is 1.34. The van der Waals surface area contributed by atoms with Gasteiger partial charge in [0.1, 0.15) is 5.75 Å². The van der Waals surface area contributed by atoms with Crippen LogP contribution in [-0.4, -0.2) is 10.8 Å². The summed E-state index contributed by atoms with van der Waals surface area (Å²) in [5, 5.41) is 14.3. The number of fused-ring (bicyclic) bond motifs is 1. The molecule has 1 aromatic heterocycles. The molecule has 0 amide bonds. The second-order valence-corrected chi connectivity index (χ2v) is 4.04. The molecular formula is C10H10N2OS. The highest BCUT2D eigenvalue weighted by molar-refractivity contribution is 7.21. The summed E-state index contributed by atoms with van der Waals surface area (Å²) in [6, 6.07) is 7.69. The summed E-state index contributed by atoms with van der Waals surface area (Å²) in [6.45, 7) is 1.78. The highest BCUT2D eigenvalue weighted by atomic mass is 32.1. The number of benzene rings is 1. The Labute approximate surface area is 85.5 Å². The number of nitrogens with zero attached hydrogens (tertiary/aromatic N) is 1. The molecule has 0 bridgehead atoms. The second-order valence-electron chi connectivity index (χ2n) is 2.99. The topological polar surface area (TPSA) is 58.6 Å². The van der Waals surface area contributed by atoms with E-state index in [4.69, 9.17) is 5.84 Å². The lowest BCUT2D eigenvalue weighted by Gasteiger charge is -1.94. The van der Waals surface area contributed by atoms with Crippen molar-refractivity contribution in [2.24, 2.45) is 10.9 Å². The molecule has 0 aliphatic rings. The Kier molecular flexibility index (Phi) is 2.13. The van der Waals surface area contributed by atoms with Crippen molar-refractivity contribution < 1.29 is 5.11 Å². The van der Waals surface area contributed by atoms with Crippen LogP contribution in [0.25, 0.3) is 10.1 Å². The first-order valence-electron chi connectivity index (χ1n) is 4.19. The number of rotatable bonds is 1. The van der Waals surface area contributed by atoms with Gasteiger partial charge in [0.15, 0.2) is 0 Å². The number of thiophene rings is 1. The highest BCUT2D eigenvalue weighted by Crippen LogP contribution is 2.36. The molecule has 0 unspecified atom stereocenters. The van der Waals surface area contributed by atoms with E-state index in [9.17, 15) is 5.11 Å². The molecular weight excluding hydrogens is 196 g/mol. The minimum absolute atomic E-state index is 0.275. The third-order valence-corrected chi connectivity index (χ3v) is 3.36. The van der Waals surface area contributed by atoms with Gasteiger partial charge in [-0.25, -0.2) is 0 Å². The maximum atomic E-state index is 9.87. The van der Waals surface area contributed by atoms with Crippen LogP contribution in [0.2, 0.25) is 0 Å². The molecule has 3 N–H and O–H groups in total. The quantitative estimate of drug-likeness (QED) is 0.427. The summed E-state index contributed by atoms with van der Waals surface area (Å²) in [6.07, 6.45) is 0. The Morgan fingerprint density at radius 2 is 2.14 bits per heavy atom. The van der Waals surface area contributed by atoms with Crippen molar-refractivity contribution in [3.8, 4) is 5.75 Å². The maximum Gasteiger partial charge on any atom is 0.143 e. The van der Waals surface area contributed by atoms with Gasteiger partial charge in [0.05, 0.1) is 10.6 Å². The molecule has 14 heavy (non-hydrogen) atoms. The largest absolute Gasteiger partial charge is 0.506 e. The van der Waals surface area contributed by atoms with Crippen LogP contribution in [0.3, 0.4) is 0 Å². The fourth-order valence-corrected chi connectivity index (χ4v) is 2.38. The number of hydrazone groups is 1. The predicted molar refractivity (Wildman–Crippen MR) is 59.9 cm³/mol. The van der Waals surface area contributed by atoms with Gasteiger partial charge in [-0.05, 0) is 19.1 Å². The Hall–Kier alpha value is -1.55. The smallest absolute Gasteiger partial charge is 0.143 e. The summed E-state index contributed by atoms with van der Waals surface area (Å²) in [5.41, 5.74) is 0.656. The molecule has 0 fully saturated rings. The molecule has 2 rings (SSSR count). The zero-order chi connectivity index (χ0) is 10.1. The van der Waals surface area contributed by atoms with Crippen LogP contribution < -0.4 is 5.84 Å². The molecule has 4 heteroatoms. The first kappa shape index (κ1) is 9.02. The van der Waals surface area contributed by atoms with E-state index in [-0.39, 0.29) is 5.75 Å². The average molecular weight is 206 g/mol. The van der Waals surface area contributed by atoms with Gasteiger partial charge in [0, 0.05) is 10.1 Å². The predicted octanol–water partition coefficient (Wildman–Crippen LogP) is 2.29. The Morgan fingerprint density at radius 1 is 1.43 bits per heavy atom. The average Bonchev–Trinajstić information content (AvgIpc) is 2.56. The van der Waals surface area contributed by atoms with Gasteiger partial charge in [-0.3, -0.25) is 0 Å². The van der Waals surface area contributed by atoms with Gasteiger partial charge in [-0.1, -0.05) is 12.1 Å². The lowest BCUT2D eigenvalue weighted by molar-refractivity contribution is 0.482. The molecule has 0 atom stereocenters. The zero-order valence-corrected chi connectivity index (χ0v) is 8.51. The van der Waals surface area contributed by atoms with Gasteiger partial charge in [0.2, 0.25) is 0 Å². The summed E-state index contributed by atoms with van der Waals surface area (Å²) < 4.78 is 1.04. The Bertz CT molecular complexity index is 502. The molecule has 0 aliphatic heterocycles. The minimum atomic E-state index is 0.275. The normalized spacial score (nSPS) is 12.2. The van der Waals surface area contributed by atoms with Crippen LogP contribution in [0.1, 0.15) is 11.8 Å². The van der Waals surface area contributed by atoms with Crippen molar-refractivity contribution >= 4 is 27.1 Å². The van der Waals surface area contributed by atoms with Crippen molar-refractivity contribution in [2.45, 2.75) is 6.92 Å². The van der Waals surface area contributed by atoms with E-state index in [1.54, 1.807) is 6.92 Å². The molecule has 0 saturated heterocycles. The van der Waals surface area contributed by atoms with Gasteiger partial charge < -0.3 is 10.9 Å². The molecule has 2 aromatic rings. The third-order valence-electron chi connectivity index (χ3n) is 2.09. The van der Waals surface area contributed by atoms with E-state index in [0.717, 1.165) is 15.0 Å². The third kappa shape index (κ3) is 1.24. The first-order valence-corrected chi connectivity index (χ1v) is 5.01. The molecule has 72 valence electrons. The highest BCUT2D eigenvalue weighted by Gasteiger charge is 2.12. The monoisotopic (exact) mass is 206 g/mol. The van der Waals surface area contributed by atoms with E-state index in [1.807, 2.05) is 24.3 Å². The van der Waals surface area contributed by atoms with Crippen molar-refractivity contribution in [3.63, 3.8) is 0 Å². The van der Waals surface area contributed by atoms with Gasteiger partial charge in [-0.15, -0.1) is 11.3 Å². The van der Waals surface area contributed by atoms with Crippen LogP contribution >= 0.6 is 11.3 Å². The maximum absolute atomic E-state index is 9.87. The SMILES string of the molecule is C/C(=N/N)c1sc2ccccc2c1O. The molecule has 0 aliphatic carbocycles. The van der Waals surface area contributed by atoms with Crippen LogP contribution in [0.5, 0.6) is 5.75 Å². The summed E-state index contributed by atoms with van der Waals surface area (Å²) in [4.78, 5) is 0.744. The van der Waals surface area contributed by atoms with Crippen LogP contribution in [0, 0.1) is 0 Å². The summed E-state index contributed by atoms with van der Waals surface area (Å²) in [7, 11) is 0. The Balaban J connectivity index is 2.75. The Morgan fingerprint density at radius 3 is 2.79 bits per heavy atom. The zero-order valence-electron chi connectivity index (χ0n) is 7.69. The first-order chi connectivity index (χ1) is 6.74. The van der Waals surface area contributed by atoms with Crippen LogP contribution in [0.15, 0.2) is 29.4 Å². The van der Waals surface area contributed by atoms with Crippen LogP contribution in [-0.2, 0) is 0 Å². The molecule has 1 heterocycles. The second kappa shape index (κ2) is 3.31. The standard InChI is InChI=1S/C10H10N2OS/c1-6(12-11)10-9(13)7-4-2-3-5-8(7)14-10/h2-5,13H,11H2,1H3/b12-6-. The number of hydrogen-bond donors (Lipinski definition) is 2. The van der Waals surface area contributed by atoms with Crippen molar-refractivity contribution in [2.75, 3.05) is 0 Å². The van der Waals surface area contributed by atoms with E-state index < -0.39 is 0 Å². The van der Waals surface area contributed by atoms with E-state index in [1.165, 1.54) is 11.3 Å².